The van der Waals surface area contributed by atoms with Crippen molar-refractivity contribution in [2.75, 3.05) is 0 Å². The third-order valence-electron chi connectivity index (χ3n) is 1.65. The van der Waals surface area contributed by atoms with Crippen LogP contribution in [0.1, 0.15) is 20.3 Å². The van der Waals surface area contributed by atoms with E-state index in [4.69, 9.17) is 10.8 Å². The maximum Gasteiger partial charge on any atom is 0.321 e. The first-order chi connectivity index (χ1) is 4.41. The van der Waals surface area contributed by atoms with Crippen molar-refractivity contribution in [1.29, 1.82) is 0 Å². The van der Waals surface area contributed by atoms with Crippen molar-refractivity contribution in [1.82, 2.24) is 0 Å². The molecular formula is C6H14ClNO2S. The zero-order valence-corrected chi connectivity index (χ0v) is 8.28. The molecule has 0 aromatic carbocycles. The molecule has 0 radical (unpaired) electrons. The fourth-order valence-corrected chi connectivity index (χ4v) is 0.596. The number of hydrogen-bond acceptors (Lipinski definition) is 3. The van der Waals surface area contributed by atoms with Gasteiger partial charge in [-0.1, -0.05) is 6.92 Å². The Morgan fingerprint density at radius 1 is 1.82 bits per heavy atom. The van der Waals surface area contributed by atoms with Gasteiger partial charge in [-0.25, -0.2) is 0 Å². The van der Waals surface area contributed by atoms with Crippen molar-refractivity contribution < 1.29 is 9.90 Å². The van der Waals surface area contributed by atoms with Crippen LogP contribution in [-0.2, 0) is 4.79 Å². The van der Waals surface area contributed by atoms with Crippen LogP contribution >= 0.6 is 25.0 Å². The standard InChI is InChI=1S/C6H13NO2S.ClH/c1-3-6(2,10)4(7)5(8)9;/h4,10H,3,7H2,1-2H3,(H,8,9);1H. The van der Waals surface area contributed by atoms with Gasteiger partial charge in [-0.15, -0.1) is 12.4 Å². The lowest BCUT2D eigenvalue weighted by Crippen LogP contribution is -2.46. The number of hydrogen-bond donors (Lipinski definition) is 3. The van der Waals surface area contributed by atoms with E-state index in [0.717, 1.165) is 0 Å². The molecule has 3 N–H and O–H groups in total. The molecule has 0 rings (SSSR count). The highest BCUT2D eigenvalue weighted by molar-refractivity contribution is 7.81. The molecule has 11 heavy (non-hydrogen) atoms. The molecule has 68 valence electrons. The van der Waals surface area contributed by atoms with Gasteiger partial charge in [0.2, 0.25) is 0 Å². The summed E-state index contributed by atoms with van der Waals surface area (Å²) in [5.74, 6) is -1.00. The molecule has 0 saturated carbocycles. The summed E-state index contributed by atoms with van der Waals surface area (Å²) < 4.78 is -0.605. The van der Waals surface area contributed by atoms with Crippen LogP contribution in [0.4, 0.5) is 0 Å². The second-order valence-corrected chi connectivity index (χ2v) is 3.55. The maximum absolute atomic E-state index is 10.3. The van der Waals surface area contributed by atoms with Crippen LogP contribution in [0.5, 0.6) is 0 Å². The number of halogens is 1. The zero-order chi connectivity index (χ0) is 8.36. The van der Waals surface area contributed by atoms with Gasteiger partial charge in [-0.3, -0.25) is 4.79 Å². The van der Waals surface area contributed by atoms with Crippen LogP contribution in [0.15, 0.2) is 0 Å². The van der Waals surface area contributed by atoms with Gasteiger partial charge in [0.15, 0.2) is 0 Å². The smallest absolute Gasteiger partial charge is 0.321 e. The number of rotatable bonds is 3. The SMILES string of the molecule is CCC(C)(S)C(N)C(=O)O.Cl. The van der Waals surface area contributed by atoms with Gasteiger partial charge in [0.1, 0.15) is 6.04 Å². The third kappa shape index (κ3) is 3.84. The van der Waals surface area contributed by atoms with E-state index in [1.54, 1.807) is 6.92 Å². The first kappa shape index (κ1) is 13.6. The predicted octanol–water partition coefficient (Wildman–Crippen LogP) is 0.919. The molecule has 0 aliphatic rings. The number of thiol groups is 1. The molecule has 0 bridgehead atoms. The molecule has 0 heterocycles. The number of nitrogens with two attached hydrogens (primary N) is 1. The van der Waals surface area contributed by atoms with E-state index in [0.29, 0.717) is 6.42 Å². The van der Waals surface area contributed by atoms with Crippen LogP contribution in [0.3, 0.4) is 0 Å². The second kappa shape index (κ2) is 4.85. The van der Waals surface area contributed by atoms with E-state index in [2.05, 4.69) is 12.6 Å². The van der Waals surface area contributed by atoms with Gasteiger partial charge >= 0.3 is 5.97 Å². The molecule has 0 aliphatic heterocycles. The lowest BCUT2D eigenvalue weighted by Gasteiger charge is -2.25. The van der Waals surface area contributed by atoms with Crippen LogP contribution in [0, 0.1) is 0 Å². The number of carboxylic acid groups (broad SMARTS) is 1. The zero-order valence-electron chi connectivity index (χ0n) is 6.57. The molecule has 0 aromatic heterocycles. The summed E-state index contributed by atoms with van der Waals surface area (Å²) >= 11 is 4.12. The number of carbonyl (C=O) groups is 1. The second-order valence-electron chi connectivity index (χ2n) is 2.53. The minimum Gasteiger partial charge on any atom is -0.480 e. The van der Waals surface area contributed by atoms with Crippen LogP contribution in [0.2, 0.25) is 0 Å². The monoisotopic (exact) mass is 199 g/mol. The van der Waals surface area contributed by atoms with Crippen molar-refractivity contribution in [3.8, 4) is 0 Å². The molecular weight excluding hydrogens is 186 g/mol. The first-order valence-corrected chi connectivity index (χ1v) is 3.57. The van der Waals surface area contributed by atoms with Crippen molar-refractivity contribution in [3.05, 3.63) is 0 Å². The van der Waals surface area contributed by atoms with Crippen molar-refractivity contribution in [2.24, 2.45) is 5.73 Å². The highest BCUT2D eigenvalue weighted by Gasteiger charge is 2.30. The number of aliphatic carboxylic acids is 1. The van der Waals surface area contributed by atoms with Crippen molar-refractivity contribution in [2.45, 2.75) is 31.1 Å². The summed E-state index contributed by atoms with van der Waals surface area (Å²) in [5.41, 5.74) is 5.33. The predicted molar refractivity (Wildman–Crippen MR) is 50.5 cm³/mol. The van der Waals surface area contributed by atoms with E-state index in [-0.39, 0.29) is 12.4 Å². The van der Waals surface area contributed by atoms with E-state index in [9.17, 15) is 4.79 Å². The molecule has 3 nitrogen and oxygen atoms in total. The summed E-state index contributed by atoms with van der Waals surface area (Å²) in [6, 6.07) is -0.888. The van der Waals surface area contributed by atoms with E-state index in [1.807, 2.05) is 6.92 Å². The first-order valence-electron chi connectivity index (χ1n) is 3.12. The molecule has 0 saturated heterocycles. The Bertz CT molecular complexity index is 141. The van der Waals surface area contributed by atoms with Gasteiger partial charge in [0, 0.05) is 4.75 Å². The molecule has 2 unspecified atom stereocenters. The molecule has 5 heteroatoms. The maximum atomic E-state index is 10.3. The molecule has 0 aromatic rings. The molecule has 0 aliphatic carbocycles. The van der Waals surface area contributed by atoms with E-state index >= 15 is 0 Å². The Balaban J connectivity index is 0. The summed E-state index contributed by atoms with van der Waals surface area (Å²) in [6.07, 6.45) is 0.642. The van der Waals surface area contributed by atoms with Gasteiger partial charge in [-0.2, -0.15) is 12.6 Å². The quantitative estimate of drug-likeness (QED) is 0.593. The summed E-state index contributed by atoms with van der Waals surface area (Å²) in [4.78, 5) is 10.3. The average molecular weight is 200 g/mol. The fourth-order valence-electron chi connectivity index (χ4n) is 0.486. The van der Waals surface area contributed by atoms with E-state index in [1.165, 1.54) is 0 Å². The van der Waals surface area contributed by atoms with Crippen LogP contribution in [-0.4, -0.2) is 21.9 Å². The Kier molecular flexibility index (Phi) is 6.02. The van der Waals surface area contributed by atoms with Gasteiger partial charge in [0.05, 0.1) is 0 Å². The number of carboxylic acids is 1. The van der Waals surface area contributed by atoms with Crippen LogP contribution in [0.25, 0.3) is 0 Å². The molecule has 0 fully saturated rings. The van der Waals surface area contributed by atoms with Gasteiger partial charge in [-0.05, 0) is 13.3 Å². The highest BCUT2D eigenvalue weighted by atomic mass is 35.5. The summed E-state index contributed by atoms with van der Waals surface area (Å²) in [6.45, 7) is 3.57. The third-order valence-corrected chi connectivity index (χ3v) is 2.25. The minimum absolute atomic E-state index is 0. The topological polar surface area (TPSA) is 63.3 Å². The Labute approximate surface area is 78.2 Å². The lowest BCUT2D eigenvalue weighted by molar-refractivity contribution is -0.139. The lowest BCUT2D eigenvalue weighted by atomic mass is 9.99. The van der Waals surface area contributed by atoms with Crippen LogP contribution < -0.4 is 5.73 Å². The van der Waals surface area contributed by atoms with Crippen molar-refractivity contribution in [3.63, 3.8) is 0 Å². The molecule has 0 amide bonds. The largest absolute Gasteiger partial charge is 0.480 e. The molecule has 0 spiro atoms. The Morgan fingerprint density at radius 2 is 2.18 bits per heavy atom. The summed E-state index contributed by atoms with van der Waals surface area (Å²) in [5, 5.41) is 8.47. The molecule has 2 atom stereocenters. The highest BCUT2D eigenvalue weighted by Crippen LogP contribution is 2.21. The van der Waals surface area contributed by atoms with Crippen molar-refractivity contribution >= 4 is 31.0 Å². The fraction of sp³-hybridized carbons (Fsp3) is 0.833. The Morgan fingerprint density at radius 3 is 2.27 bits per heavy atom. The van der Waals surface area contributed by atoms with Gasteiger partial charge < -0.3 is 10.8 Å². The van der Waals surface area contributed by atoms with Gasteiger partial charge in [0.25, 0.3) is 0 Å². The Hall–Kier alpha value is 0.0700. The van der Waals surface area contributed by atoms with E-state index < -0.39 is 16.8 Å². The normalized spacial score (nSPS) is 17.8. The summed E-state index contributed by atoms with van der Waals surface area (Å²) in [7, 11) is 0. The average Bonchev–Trinajstić information content (AvgIpc) is 1.86. The minimum atomic E-state index is -1.00.